The van der Waals surface area contributed by atoms with E-state index in [2.05, 4.69) is 10.2 Å². The molecular formula is C29H25N3O4S. The molecule has 1 aliphatic rings. The van der Waals surface area contributed by atoms with Crippen molar-refractivity contribution in [2.75, 3.05) is 4.90 Å². The standard InChI is InChI=1S/C29H25N3O4S/c1-17-9-10-18(2)23(15-17)26(33)24-25(32(28(35)27(24)34)29-31-30-19(3)37-29)21-11-13-22(14-12-21)36-16-20-7-5-4-6-8-20/h4-15,25,33H,16H2,1-3H3/b26-24+. The average Bonchev–Trinajstić information content (AvgIpc) is 3.45. The van der Waals surface area contributed by atoms with E-state index >= 15 is 0 Å². The van der Waals surface area contributed by atoms with Gasteiger partial charge in [-0.25, -0.2) is 0 Å². The van der Waals surface area contributed by atoms with Gasteiger partial charge in [0, 0.05) is 5.56 Å². The van der Waals surface area contributed by atoms with Gasteiger partial charge in [0.25, 0.3) is 5.78 Å². The summed E-state index contributed by atoms with van der Waals surface area (Å²) in [5.41, 5.74) is 3.94. The maximum Gasteiger partial charge on any atom is 0.301 e. The number of ketones is 1. The number of aryl methyl sites for hydroxylation is 3. The molecule has 0 saturated carbocycles. The van der Waals surface area contributed by atoms with Crippen LogP contribution in [-0.2, 0) is 16.2 Å². The van der Waals surface area contributed by atoms with Crippen LogP contribution in [0.1, 0.15) is 38.9 Å². The third-order valence-corrected chi connectivity index (χ3v) is 7.10. The largest absolute Gasteiger partial charge is 0.507 e. The molecule has 1 fully saturated rings. The highest BCUT2D eigenvalue weighted by molar-refractivity contribution is 7.15. The Kier molecular flexibility index (Phi) is 6.58. The van der Waals surface area contributed by atoms with Crippen LogP contribution in [0.5, 0.6) is 5.75 Å². The van der Waals surface area contributed by atoms with Crippen LogP contribution in [0.4, 0.5) is 5.13 Å². The smallest absolute Gasteiger partial charge is 0.301 e. The summed E-state index contributed by atoms with van der Waals surface area (Å²) >= 11 is 1.21. The van der Waals surface area contributed by atoms with E-state index in [0.29, 0.717) is 33.6 Å². The van der Waals surface area contributed by atoms with Crippen molar-refractivity contribution in [1.29, 1.82) is 0 Å². The first-order valence-corrected chi connectivity index (χ1v) is 12.6. The molecule has 1 unspecified atom stereocenters. The SMILES string of the molecule is Cc1ccc(C)c(/C(O)=C2\C(=O)C(=O)N(c3nnc(C)s3)C2c2ccc(OCc3ccccc3)cc2)c1. The molecule has 3 aromatic carbocycles. The number of hydrogen-bond donors (Lipinski definition) is 1. The van der Waals surface area contributed by atoms with E-state index in [-0.39, 0.29) is 11.3 Å². The predicted octanol–water partition coefficient (Wildman–Crippen LogP) is 5.67. The molecule has 1 aliphatic heterocycles. The van der Waals surface area contributed by atoms with Gasteiger partial charge in [0.15, 0.2) is 0 Å². The molecule has 1 atom stereocenters. The molecule has 1 amide bonds. The monoisotopic (exact) mass is 511 g/mol. The van der Waals surface area contributed by atoms with Gasteiger partial charge in [-0.1, -0.05) is 71.5 Å². The minimum Gasteiger partial charge on any atom is -0.507 e. The number of aliphatic hydroxyl groups is 1. The van der Waals surface area contributed by atoms with Gasteiger partial charge in [-0.3, -0.25) is 14.5 Å². The van der Waals surface area contributed by atoms with Gasteiger partial charge in [0.1, 0.15) is 23.1 Å². The molecule has 186 valence electrons. The van der Waals surface area contributed by atoms with E-state index < -0.39 is 17.7 Å². The maximum absolute atomic E-state index is 13.3. The fourth-order valence-corrected chi connectivity index (χ4v) is 5.07. The molecule has 7 nitrogen and oxygen atoms in total. The quantitative estimate of drug-likeness (QED) is 0.204. The summed E-state index contributed by atoms with van der Waals surface area (Å²) < 4.78 is 5.91. The Balaban J connectivity index is 1.57. The predicted molar refractivity (Wildman–Crippen MR) is 143 cm³/mol. The number of rotatable bonds is 6. The van der Waals surface area contributed by atoms with E-state index in [1.165, 1.54) is 16.2 Å². The maximum atomic E-state index is 13.3. The first-order valence-electron chi connectivity index (χ1n) is 11.8. The zero-order valence-electron chi connectivity index (χ0n) is 20.6. The summed E-state index contributed by atoms with van der Waals surface area (Å²) in [7, 11) is 0. The zero-order chi connectivity index (χ0) is 26.1. The van der Waals surface area contributed by atoms with Crippen molar-refractivity contribution >= 4 is 33.9 Å². The van der Waals surface area contributed by atoms with Crippen molar-refractivity contribution < 1.29 is 19.4 Å². The Labute approximate surface area is 218 Å². The summed E-state index contributed by atoms with van der Waals surface area (Å²) in [5, 5.41) is 20.5. The number of carbonyl (C=O) groups is 2. The Bertz CT molecular complexity index is 1510. The number of hydrogen-bond acceptors (Lipinski definition) is 7. The average molecular weight is 512 g/mol. The minimum absolute atomic E-state index is 0.0181. The molecule has 0 bridgehead atoms. The molecule has 0 radical (unpaired) electrons. The molecule has 1 N–H and O–H groups in total. The number of ether oxygens (including phenoxy) is 1. The lowest BCUT2D eigenvalue weighted by Crippen LogP contribution is -2.29. The Morgan fingerprint density at radius 1 is 0.973 bits per heavy atom. The third kappa shape index (κ3) is 4.75. The molecule has 1 aromatic heterocycles. The highest BCUT2D eigenvalue weighted by atomic mass is 32.1. The number of aromatic nitrogens is 2. The molecule has 1 saturated heterocycles. The van der Waals surface area contributed by atoms with Gasteiger partial charge in [0.2, 0.25) is 5.13 Å². The second-order valence-corrected chi connectivity index (χ2v) is 10.1. The van der Waals surface area contributed by atoms with E-state index in [0.717, 1.165) is 16.7 Å². The van der Waals surface area contributed by atoms with Crippen LogP contribution in [0.2, 0.25) is 0 Å². The van der Waals surface area contributed by atoms with E-state index in [1.54, 1.807) is 31.2 Å². The lowest BCUT2D eigenvalue weighted by Gasteiger charge is -2.23. The Morgan fingerprint density at radius 3 is 2.38 bits per heavy atom. The van der Waals surface area contributed by atoms with Crippen molar-refractivity contribution in [2.24, 2.45) is 0 Å². The highest BCUT2D eigenvalue weighted by Gasteiger charge is 2.48. The van der Waals surface area contributed by atoms with Crippen molar-refractivity contribution in [3.8, 4) is 5.75 Å². The third-order valence-electron chi connectivity index (χ3n) is 6.26. The van der Waals surface area contributed by atoms with Gasteiger partial charge >= 0.3 is 5.91 Å². The Morgan fingerprint density at radius 2 is 1.70 bits per heavy atom. The van der Waals surface area contributed by atoms with Crippen LogP contribution in [0.25, 0.3) is 5.76 Å². The summed E-state index contributed by atoms with van der Waals surface area (Å²) in [6.45, 7) is 5.95. The zero-order valence-corrected chi connectivity index (χ0v) is 21.5. The van der Waals surface area contributed by atoms with E-state index in [4.69, 9.17) is 4.74 Å². The second-order valence-electron chi connectivity index (χ2n) is 8.93. The number of carbonyl (C=O) groups excluding carboxylic acids is 2. The number of benzene rings is 3. The fraction of sp³-hybridized carbons (Fsp3) is 0.172. The van der Waals surface area contributed by atoms with E-state index in [9.17, 15) is 14.7 Å². The van der Waals surface area contributed by atoms with Crippen LogP contribution in [0, 0.1) is 20.8 Å². The second kappa shape index (κ2) is 9.99. The number of nitrogens with zero attached hydrogens (tertiary/aromatic N) is 3. The molecule has 2 heterocycles. The number of aliphatic hydroxyl groups excluding tert-OH is 1. The molecule has 4 aromatic rings. The van der Waals surface area contributed by atoms with Crippen LogP contribution >= 0.6 is 11.3 Å². The van der Waals surface area contributed by atoms with Gasteiger partial charge in [-0.15, -0.1) is 10.2 Å². The summed E-state index contributed by atoms with van der Waals surface area (Å²) in [6.07, 6.45) is 0. The molecule has 0 aliphatic carbocycles. The molecule has 37 heavy (non-hydrogen) atoms. The van der Waals surface area contributed by atoms with Crippen LogP contribution in [0.15, 0.2) is 78.4 Å². The normalized spacial score (nSPS) is 16.8. The Hall–Kier alpha value is -4.30. The summed E-state index contributed by atoms with van der Waals surface area (Å²) in [4.78, 5) is 27.9. The van der Waals surface area contributed by atoms with E-state index in [1.807, 2.05) is 62.4 Å². The van der Waals surface area contributed by atoms with Crippen molar-refractivity contribution in [1.82, 2.24) is 10.2 Å². The van der Waals surface area contributed by atoms with Gasteiger partial charge in [-0.2, -0.15) is 0 Å². The summed E-state index contributed by atoms with van der Waals surface area (Å²) in [6, 6.07) is 21.8. The highest BCUT2D eigenvalue weighted by Crippen LogP contribution is 2.43. The van der Waals surface area contributed by atoms with Gasteiger partial charge < -0.3 is 9.84 Å². The van der Waals surface area contributed by atoms with Crippen LogP contribution in [-0.4, -0.2) is 27.0 Å². The fourth-order valence-electron chi connectivity index (χ4n) is 4.35. The van der Waals surface area contributed by atoms with Crippen molar-refractivity contribution in [3.63, 3.8) is 0 Å². The topological polar surface area (TPSA) is 92.6 Å². The number of Topliss-reactive ketones (excluding diaryl/α,β-unsaturated/α-hetero) is 1. The number of amides is 1. The van der Waals surface area contributed by atoms with Crippen LogP contribution < -0.4 is 9.64 Å². The van der Waals surface area contributed by atoms with Gasteiger partial charge in [0.05, 0.1) is 11.6 Å². The van der Waals surface area contributed by atoms with Gasteiger partial charge in [-0.05, 0) is 55.7 Å². The summed E-state index contributed by atoms with van der Waals surface area (Å²) in [5.74, 6) is -1.08. The lowest BCUT2D eigenvalue weighted by atomic mass is 9.93. The molecule has 5 rings (SSSR count). The number of anilines is 1. The van der Waals surface area contributed by atoms with Crippen LogP contribution in [0.3, 0.4) is 0 Å². The first-order chi connectivity index (χ1) is 17.8. The van der Waals surface area contributed by atoms with Crippen molar-refractivity contribution in [2.45, 2.75) is 33.4 Å². The molecular weight excluding hydrogens is 486 g/mol. The van der Waals surface area contributed by atoms with Crippen molar-refractivity contribution in [3.05, 3.63) is 111 Å². The lowest BCUT2D eigenvalue weighted by molar-refractivity contribution is -0.132. The molecule has 0 spiro atoms. The minimum atomic E-state index is -0.865. The first kappa shape index (κ1) is 24.4. The molecule has 8 heteroatoms.